The fourth-order valence-electron chi connectivity index (χ4n) is 4.29. The highest BCUT2D eigenvalue weighted by molar-refractivity contribution is 5.94. The van der Waals surface area contributed by atoms with Crippen molar-refractivity contribution in [2.45, 2.75) is 18.9 Å². The number of fused-ring (bicyclic) bond motifs is 1. The summed E-state index contributed by atoms with van der Waals surface area (Å²) in [6, 6.07) is 14.3. The summed E-state index contributed by atoms with van der Waals surface area (Å²) in [4.78, 5) is 17.2. The van der Waals surface area contributed by atoms with Crippen LogP contribution in [-0.4, -0.2) is 69.7 Å². The van der Waals surface area contributed by atoms with E-state index in [9.17, 15) is 4.79 Å². The van der Waals surface area contributed by atoms with Gasteiger partial charge in [0.15, 0.2) is 5.65 Å². The molecule has 3 aromatic rings. The molecule has 5 rings (SSSR count). The van der Waals surface area contributed by atoms with Crippen molar-refractivity contribution in [2.75, 3.05) is 39.4 Å². The second-order valence-electron chi connectivity index (χ2n) is 7.82. The first kappa shape index (κ1) is 18.3. The molecule has 150 valence electrons. The zero-order valence-electron chi connectivity index (χ0n) is 16.4. The van der Waals surface area contributed by atoms with E-state index in [-0.39, 0.29) is 5.91 Å². The lowest BCUT2D eigenvalue weighted by Crippen LogP contribution is -2.40. The molecule has 1 unspecified atom stereocenters. The van der Waals surface area contributed by atoms with Crippen molar-refractivity contribution in [3.8, 4) is 0 Å². The SMILES string of the molecule is O=C(c1ccc2nnc(C3CCN(Cc4ccccc4)C3)n2c1)N1CCOCC1. The summed E-state index contributed by atoms with van der Waals surface area (Å²) in [6.07, 6.45) is 2.96. The minimum Gasteiger partial charge on any atom is -0.378 e. The minimum absolute atomic E-state index is 0.0481. The van der Waals surface area contributed by atoms with Gasteiger partial charge >= 0.3 is 0 Å². The monoisotopic (exact) mass is 391 g/mol. The highest BCUT2D eigenvalue weighted by Gasteiger charge is 2.28. The molecule has 1 amide bonds. The lowest BCUT2D eigenvalue weighted by atomic mass is 10.1. The van der Waals surface area contributed by atoms with Gasteiger partial charge in [0.1, 0.15) is 5.82 Å². The van der Waals surface area contributed by atoms with E-state index in [2.05, 4.69) is 45.4 Å². The summed E-state index contributed by atoms with van der Waals surface area (Å²) in [5.74, 6) is 1.32. The van der Waals surface area contributed by atoms with Gasteiger partial charge in [0, 0.05) is 38.3 Å². The number of amides is 1. The third-order valence-electron chi connectivity index (χ3n) is 5.86. The average molecular weight is 391 g/mol. The molecule has 0 N–H and O–H groups in total. The van der Waals surface area contributed by atoms with E-state index in [1.165, 1.54) is 5.56 Å². The molecule has 1 aromatic carbocycles. The van der Waals surface area contributed by atoms with E-state index in [0.717, 1.165) is 37.5 Å². The zero-order valence-corrected chi connectivity index (χ0v) is 16.4. The van der Waals surface area contributed by atoms with E-state index in [1.54, 1.807) is 0 Å². The van der Waals surface area contributed by atoms with E-state index in [1.807, 2.05) is 27.6 Å². The Balaban J connectivity index is 1.34. The molecule has 2 fully saturated rings. The van der Waals surface area contributed by atoms with Crippen LogP contribution in [0, 0.1) is 0 Å². The van der Waals surface area contributed by atoms with Crippen LogP contribution >= 0.6 is 0 Å². The van der Waals surface area contributed by atoms with Gasteiger partial charge in [-0.3, -0.25) is 14.1 Å². The topological polar surface area (TPSA) is 63.0 Å². The Morgan fingerprint density at radius 1 is 1.03 bits per heavy atom. The smallest absolute Gasteiger partial charge is 0.255 e. The standard InChI is InChI=1S/C22H25N5O2/c28-22(26-10-12-29-13-11-26)19-6-7-20-23-24-21(27(20)16-19)18-8-9-25(15-18)14-17-4-2-1-3-5-17/h1-7,16,18H,8-15H2. The van der Waals surface area contributed by atoms with Crippen LogP contribution < -0.4 is 0 Å². The van der Waals surface area contributed by atoms with Crippen LogP contribution in [0.3, 0.4) is 0 Å². The van der Waals surface area contributed by atoms with E-state index in [0.29, 0.717) is 37.8 Å². The van der Waals surface area contributed by atoms with Gasteiger partial charge in [0.2, 0.25) is 0 Å². The van der Waals surface area contributed by atoms with Gasteiger partial charge in [-0.25, -0.2) is 0 Å². The van der Waals surface area contributed by atoms with Crippen molar-refractivity contribution in [3.63, 3.8) is 0 Å². The summed E-state index contributed by atoms with van der Waals surface area (Å²) in [5.41, 5.74) is 2.80. The molecular weight excluding hydrogens is 366 g/mol. The lowest BCUT2D eigenvalue weighted by molar-refractivity contribution is 0.0302. The fourth-order valence-corrected chi connectivity index (χ4v) is 4.29. The van der Waals surface area contributed by atoms with Gasteiger partial charge in [0.05, 0.1) is 18.8 Å². The molecule has 7 nitrogen and oxygen atoms in total. The molecule has 2 aliphatic heterocycles. The van der Waals surface area contributed by atoms with Crippen LogP contribution in [0.2, 0.25) is 0 Å². The average Bonchev–Trinajstić information content (AvgIpc) is 3.41. The molecular formula is C22H25N5O2. The molecule has 4 heterocycles. The van der Waals surface area contributed by atoms with Crippen molar-refractivity contribution >= 4 is 11.6 Å². The van der Waals surface area contributed by atoms with Crippen LogP contribution in [0.5, 0.6) is 0 Å². The third-order valence-corrected chi connectivity index (χ3v) is 5.86. The van der Waals surface area contributed by atoms with Crippen LogP contribution in [0.1, 0.15) is 34.1 Å². The molecule has 0 aliphatic carbocycles. The molecule has 0 saturated carbocycles. The van der Waals surface area contributed by atoms with E-state index < -0.39 is 0 Å². The number of nitrogens with zero attached hydrogens (tertiary/aromatic N) is 5. The van der Waals surface area contributed by atoms with Crippen LogP contribution in [0.15, 0.2) is 48.7 Å². The van der Waals surface area contributed by atoms with Gasteiger partial charge in [-0.15, -0.1) is 10.2 Å². The second-order valence-corrected chi connectivity index (χ2v) is 7.82. The van der Waals surface area contributed by atoms with Crippen molar-refractivity contribution < 1.29 is 9.53 Å². The number of likely N-dealkylation sites (tertiary alicyclic amines) is 1. The number of benzene rings is 1. The Labute approximate surface area is 169 Å². The molecule has 2 aromatic heterocycles. The van der Waals surface area contributed by atoms with Gasteiger partial charge < -0.3 is 9.64 Å². The quantitative estimate of drug-likeness (QED) is 0.682. The highest BCUT2D eigenvalue weighted by atomic mass is 16.5. The van der Waals surface area contributed by atoms with Crippen molar-refractivity contribution in [2.24, 2.45) is 0 Å². The molecule has 29 heavy (non-hydrogen) atoms. The van der Waals surface area contributed by atoms with Crippen molar-refractivity contribution in [1.29, 1.82) is 0 Å². The Morgan fingerprint density at radius 3 is 2.69 bits per heavy atom. The summed E-state index contributed by atoms with van der Waals surface area (Å²) in [6.45, 7) is 5.44. The number of morpholine rings is 1. The highest BCUT2D eigenvalue weighted by Crippen LogP contribution is 2.27. The Morgan fingerprint density at radius 2 is 1.86 bits per heavy atom. The number of hydrogen-bond donors (Lipinski definition) is 0. The summed E-state index contributed by atoms with van der Waals surface area (Å²) in [5, 5.41) is 8.81. The minimum atomic E-state index is 0.0481. The predicted octanol–water partition coefficient (Wildman–Crippen LogP) is 2.19. The summed E-state index contributed by atoms with van der Waals surface area (Å²) < 4.78 is 7.36. The molecule has 0 spiro atoms. The molecule has 1 atom stereocenters. The number of hydrogen-bond acceptors (Lipinski definition) is 5. The Bertz CT molecular complexity index is 997. The number of rotatable bonds is 4. The number of carbonyl (C=O) groups is 1. The number of ether oxygens (including phenoxy) is 1. The van der Waals surface area contributed by atoms with Crippen LogP contribution in [-0.2, 0) is 11.3 Å². The van der Waals surface area contributed by atoms with Gasteiger partial charge in [-0.1, -0.05) is 30.3 Å². The maximum atomic E-state index is 12.9. The molecule has 2 saturated heterocycles. The Hall–Kier alpha value is -2.77. The second kappa shape index (κ2) is 7.93. The van der Waals surface area contributed by atoms with Crippen molar-refractivity contribution in [1.82, 2.24) is 24.4 Å². The van der Waals surface area contributed by atoms with E-state index in [4.69, 9.17) is 4.74 Å². The van der Waals surface area contributed by atoms with Gasteiger partial charge in [-0.2, -0.15) is 0 Å². The van der Waals surface area contributed by atoms with Crippen molar-refractivity contribution in [3.05, 3.63) is 65.6 Å². The molecule has 0 bridgehead atoms. The summed E-state index contributed by atoms with van der Waals surface area (Å²) in [7, 11) is 0. The maximum Gasteiger partial charge on any atom is 0.255 e. The summed E-state index contributed by atoms with van der Waals surface area (Å²) >= 11 is 0. The van der Waals surface area contributed by atoms with E-state index >= 15 is 0 Å². The van der Waals surface area contributed by atoms with Gasteiger partial charge in [-0.05, 0) is 30.7 Å². The maximum absolute atomic E-state index is 12.9. The number of carbonyl (C=O) groups excluding carboxylic acids is 1. The third kappa shape index (κ3) is 3.75. The molecule has 7 heteroatoms. The molecule has 2 aliphatic rings. The number of aromatic nitrogens is 3. The van der Waals surface area contributed by atoms with Crippen LogP contribution in [0.25, 0.3) is 5.65 Å². The molecule has 0 radical (unpaired) electrons. The normalized spacial score (nSPS) is 20.4. The first-order chi connectivity index (χ1) is 14.3. The van der Waals surface area contributed by atoms with Gasteiger partial charge in [0.25, 0.3) is 5.91 Å². The first-order valence-corrected chi connectivity index (χ1v) is 10.3. The number of pyridine rings is 1. The fraction of sp³-hybridized carbons (Fsp3) is 0.409. The zero-order chi connectivity index (χ0) is 19.6. The Kier molecular flexibility index (Phi) is 4.99. The lowest BCUT2D eigenvalue weighted by Gasteiger charge is -2.26. The predicted molar refractivity (Wildman–Crippen MR) is 109 cm³/mol. The van der Waals surface area contributed by atoms with Crippen LogP contribution in [0.4, 0.5) is 0 Å². The first-order valence-electron chi connectivity index (χ1n) is 10.3. The largest absolute Gasteiger partial charge is 0.378 e.